The first-order valence-corrected chi connectivity index (χ1v) is 21.9. The maximum atomic E-state index is 14.4. The van der Waals surface area contributed by atoms with Crippen LogP contribution >= 0.6 is 0 Å². The molecule has 1 aromatic heterocycles. The van der Waals surface area contributed by atoms with Gasteiger partial charge in [-0.05, 0) is 124 Å². The second-order valence-electron chi connectivity index (χ2n) is 18.6. The normalized spacial score (nSPS) is 23.5. The van der Waals surface area contributed by atoms with Crippen molar-refractivity contribution in [1.29, 1.82) is 5.26 Å². The molecule has 1 fully saturated rings. The number of allylic oxidation sites excluding steroid dienone is 1. The Hall–Kier alpha value is -5.51. The standard InChI is InChI=1S/C48H63N7O6/c1-12-13-18-54-38-21-29(5)36(23-34(38)32(8)24-48(54,9)10)50-43-35(25-49)40(47(59)61-41-30(6)19-26(2)20-31(41)7)44-52-42(53-55(43)44)33-16-17-39(60-11)37(22-33)51-45(56)27(3)14-15-28(4)46(57)58/h16-17,21-23,26-28,30-32,41H,12-15,18-20,24H2,1-11H3,(H,51,56)(H,57,58). The highest BCUT2D eigenvalue weighted by Crippen LogP contribution is 2.46. The topological polar surface area (TPSA) is 172 Å². The van der Waals surface area contributed by atoms with Crippen LogP contribution in [-0.2, 0) is 19.1 Å². The average Bonchev–Trinajstić information content (AvgIpc) is 3.75. The zero-order chi connectivity index (χ0) is 44.5. The third-order valence-electron chi connectivity index (χ3n) is 13.0. The van der Waals surface area contributed by atoms with Gasteiger partial charge in [0.15, 0.2) is 17.5 Å². The maximum Gasteiger partial charge on any atom is 0.343 e. The van der Waals surface area contributed by atoms with Crippen molar-refractivity contribution < 1.29 is 29.0 Å². The molecule has 13 nitrogen and oxygen atoms in total. The molecular weight excluding hydrogens is 771 g/mol. The number of amides is 1. The number of methoxy groups -OCH3 is 1. The molecule has 1 saturated carbocycles. The number of esters is 1. The molecule has 0 spiro atoms. The molecule has 5 unspecified atom stereocenters. The monoisotopic (exact) mass is 833 g/mol. The smallest absolute Gasteiger partial charge is 0.343 e. The van der Waals surface area contributed by atoms with Crippen molar-refractivity contribution in [2.75, 3.05) is 23.9 Å². The van der Waals surface area contributed by atoms with Crippen LogP contribution in [0.2, 0.25) is 0 Å². The van der Waals surface area contributed by atoms with E-state index in [0.29, 0.717) is 41.4 Å². The number of aryl methyl sites for hydroxylation is 1. The Kier molecular flexibility index (Phi) is 13.5. The van der Waals surface area contributed by atoms with Crippen molar-refractivity contribution in [2.24, 2.45) is 34.6 Å². The summed E-state index contributed by atoms with van der Waals surface area (Å²) in [6.07, 6.45) is 5.42. The predicted octanol–water partition coefficient (Wildman–Crippen LogP) is 9.71. The summed E-state index contributed by atoms with van der Waals surface area (Å²) in [6.45, 7) is 21.8. The lowest BCUT2D eigenvalue weighted by Crippen LogP contribution is -2.48. The predicted molar refractivity (Wildman–Crippen MR) is 238 cm³/mol. The number of carbonyl (C=O) groups excluding carboxylic acids is 2. The Morgan fingerprint density at radius 1 is 1.07 bits per heavy atom. The van der Waals surface area contributed by atoms with Crippen LogP contribution in [0.1, 0.15) is 130 Å². The first-order valence-electron chi connectivity index (χ1n) is 21.9. The molecule has 1 amide bonds. The van der Waals surface area contributed by atoms with Gasteiger partial charge < -0.3 is 24.8 Å². The fourth-order valence-electron chi connectivity index (χ4n) is 9.64. The van der Waals surface area contributed by atoms with Crippen molar-refractivity contribution in [3.63, 3.8) is 0 Å². The van der Waals surface area contributed by atoms with E-state index in [4.69, 9.17) is 24.5 Å². The number of fused-ring (bicyclic) bond motifs is 2. The second kappa shape index (κ2) is 18.2. The third kappa shape index (κ3) is 9.24. The van der Waals surface area contributed by atoms with E-state index in [0.717, 1.165) is 44.2 Å². The highest BCUT2D eigenvalue weighted by molar-refractivity contribution is 6.30. The Bertz CT molecular complexity index is 2270. The number of aliphatic carboxylic acids is 1. The zero-order valence-electron chi connectivity index (χ0n) is 37.8. The summed E-state index contributed by atoms with van der Waals surface area (Å²) in [7, 11) is 1.50. The first kappa shape index (κ1) is 45.0. The number of carboxylic acid groups (broad SMARTS) is 1. The number of aromatic nitrogens is 3. The number of nitrogens with zero attached hydrogens (tertiary/aromatic N) is 6. The summed E-state index contributed by atoms with van der Waals surface area (Å²) in [5.41, 5.74) is 4.93. The molecule has 6 rings (SSSR count). The van der Waals surface area contributed by atoms with E-state index in [1.807, 2.05) is 6.92 Å². The van der Waals surface area contributed by atoms with Gasteiger partial charge in [-0.3, -0.25) is 9.59 Å². The summed E-state index contributed by atoms with van der Waals surface area (Å²) in [4.78, 5) is 51.7. The lowest BCUT2D eigenvalue weighted by atomic mass is 9.75. The van der Waals surface area contributed by atoms with Gasteiger partial charge in [0, 0.05) is 29.3 Å². The van der Waals surface area contributed by atoms with E-state index < -0.39 is 23.8 Å². The molecule has 3 aromatic rings. The Labute approximate surface area is 360 Å². The van der Waals surface area contributed by atoms with Crippen molar-refractivity contribution in [2.45, 2.75) is 132 Å². The van der Waals surface area contributed by atoms with Gasteiger partial charge in [0.25, 0.3) is 0 Å². The lowest BCUT2D eigenvalue weighted by molar-refractivity contribution is -0.150. The Balaban J connectivity index is 1.43. The molecule has 0 saturated heterocycles. The van der Waals surface area contributed by atoms with E-state index >= 15 is 0 Å². The molecular formula is C48H63N7O6. The average molecular weight is 834 g/mol. The van der Waals surface area contributed by atoms with E-state index in [9.17, 15) is 24.8 Å². The van der Waals surface area contributed by atoms with Crippen LogP contribution in [-0.4, -0.2) is 68.8 Å². The van der Waals surface area contributed by atoms with Crippen LogP contribution < -0.4 is 15.0 Å². The number of ether oxygens (including phenoxy) is 2. The number of benzene rings is 2. The van der Waals surface area contributed by atoms with Crippen LogP contribution in [0.3, 0.4) is 0 Å². The summed E-state index contributed by atoms with van der Waals surface area (Å²) in [6, 6.07) is 11.8. The second-order valence-corrected chi connectivity index (χ2v) is 18.6. The molecule has 3 aliphatic rings. The Morgan fingerprint density at radius 2 is 1.75 bits per heavy atom. The number of carboxylic acids is 1. The minimum absolute atomic E-state index is 0.0146. The quantitative estimate of drug-likeness (QED) is 0.149. The SMILES string of the molecule is CCCCN1c2cc(C)c(N=C3C(C#N)=C(C(=O)OC4C(C)CC(C)CC4C)c4nc(-c5ccc(OC)c(NC(=O)C(C)CCC(C)C(=O)O)c5)nn43)cc2C(C)CC1(C)C. The van der Waals surface area contributed by atoms with Gasteiger partial charge in [0.1, 0.15) is 29.1 Å². The van der Waals surface area contributed by atoms with Crippen LogP contribution in [0, 0.1) is 47.8 Å². The number of aliphatic imine (C=N–C) groups is 1. The zero-order valence-corrected chi connectivity index (χ0v) is 37.8. The minimum atomic E-state index is -0.902. The number of nitriles is 1. The number of rotatable bonds is 14. The van der Waals surface area contributed by atoms with E-state index in [2.05, 4.69) is 76.9 Å². The van der Waals surface area contributed by atoms with Gasteiger partial charge in [-0.1, -0.05) is 54.9 Å². The van der Waals surface area contributed by atoms with Crippen LogP contribution in [0.15, 0.2) is 40.9 Å². The van der Waals surface area contributed by atoms with Gasteiger partial charge in [0.2, 0.25) is 5.91 Å². The molecule has 0 radical (unpaired) electrons. The van der Waals surface area contributed by atoms with Crippen LogP contribution in [0.5, 0.6) is 5.75 Å². The highest BCUT2D eigenvalue weighted by Gasteiger charge is 2.42. The molecule has 13 heteroatoms. The summed E-state index contributed by atoms with van der Waals surface area (Å²) in [5.74, 6) is -0.839. The van der Waals surface area contributed by atoms with Crippen LogP contribution in [0.25, 0.3) is 17.0 Å². The summed E-state index contributed by atoms with van der Waals surface area (Å²) < 4.78 is 13.4. The number of anilines is 2. The molecule has 5 atom stereocenters. The van der Waals surface area contributed by atoms with Crippen LogP contribution in [0.4, 0.5) is 17.1 Å². The number of hydrogen-bond donors (Lipinski definition) is 2. The number of unbranched alkanes of at least 4 members (excludes halogenated alkanes) is 1. The molecule has 3 heterocycles. The molecule has 61 heavy (non-hydrogen) atoms. The number of hydrogen-bond acceptors (Lipinski definition) is 10. The molecule has 2 aromatic carbocycles. The maximum absolute atomic E-state index is 14.4. The van der Waals surface area contributed by atoms with Crippen molar-refractivity contribution in [3.05, 3.63) is 52.9 Å². The molecule has 326 valence electrons. The van der Waals surface area contributed by atoms with E-state index in [1.165, 1.54) is 23.0 Å². The van der Waals surface area contributed by atoms with Gasteiger partial charge in [0.05, 0.1) is 24.4 Å². The fourth-order valence-corrected chi connectivity index (χ4v) is 9.64. The van der Waals surface area contributed by atoms with Gasteiger partial charge >= 0.3 is 11.9 Å². The molecule has 2 aliphatic heterocycles. The van der Waals surface area contributed by atoms with Crippen molar-refractivity contribution >= 4 is 46.3 Å². The van der Waals surface area contributed by atoms with Gasteiger partial charge in [-0.2, -0.15) is 9.94 Å². The van der Waals surface area contributed by atoms with Gasteiger partial charge in [-0.15, -0.1) is 5.10 Å². The number of carbonyl (C=O) groups is 3. The molecule has 0 bridgehead atoms. The fraction of sp³-hybridized carbons (Fsp3) is 0.562. The summed E-state index contributed by atoms with van der Waals surface area (Å²) in [5, 5.41) is 27.9. The summed E-state index contributed by atoms with van der Waals surface area (Å²) >= 11 is 0. The molecule has 1 aliphatic carbocycles. The van der Waals surface area contributed by atoms with Crippen molar-refractivity contribution in [3.8, 4) is 23.2 Å². The Morgan fingerprint density at radius 3 is 2.39 bits per heavy atom. The minimum Gasteiger partial charge on any atom is -0.495 e. The lowest BCUT2D eigenvalue weighted by Gasteiger charge is -2.48. The third-order valence-corrected chi connectivity index (χ3v) is 13.0. The molecule has 2 N–H and O–H groups in total. The number of nitrogens with one attached hydrogen (secondary N) is 1. The van der Waals surface area contributed by atoms with Gasteiger partial charge in [-0.25, -0.2) is 14.8 Å². The van der Waals surface area contributed by atoms with E-state index in [1.54, 1.807) is 32.0 Å². The van der Waals surface area contributed by atoms with E-state index in [-0.39, 0.29) is 63.9 Å². The first-order chi connectivity index (χ1) is 28.9. The highest BCUT2D eigenvalue weighted by atomic mass is 16.5. The van der Waals surface area contributed by atoms with Crippen molar-refractivity contribution in [1.82, 2.24) is 14.8 Å². The largest absolute Gasteiger partial charge is 0.495 e.